The molecule has 0 aliphatic carbocycles. The van der Waals surface area contributed by atoms with Gasteiger partial charge in [-0.15, -0.1) is 0 Å². The summed E-state index contributed by atoms with van der Waals surface area (Å²) >= 11 is 7.42. The van der Waals surface area contributed by atoms with Crippen LogP contribution in [-0.2, 0) is 0 Å². The highest BCUT2D eigenvalue weighted by Gasteiger charge is 2.16. The van der Waals surface area contributed by atoms with Crippen molar-refractivity contribution in [1.29, 1.82) is 0 Å². The summed E-state index contributed by atoms with van der Waals surface area (Å²) in [5.41, 5.74) is 5.87. The maximum absolute atomic E-state index is 11.0. The fourth-order valence-corrected chi connectivity index (χ4v) is 3.21. The standard InChI is InChI=1S/C14H10ClN3O2S/c15-8-2-1-3-9(6-8)21-12-10-4-5-17-7-11(10)18-13(12)20-14(16)19/h1-7,18H,(H2,16,19). The van der Waals surface area contributed by atoms with Gasteiger partial charge < -0.3 is 15.5 Å². The van der Waals surface area contributed by atoms with Gasteiger partial charge in [0, 0.05) is 21.5 Å². The number of fused-ring (bicyclic) bond motifs is 1. The molecule has 106 valence electrons. The van der Waals surface area contributed by atoms with Gasteiger partial charge in [-0.1, -0.05) is 29.4 Å². The Morgan fingerprint density at radius 2 is 2.24 bits per heavy atom. The quantitative estimate of drug-likeness (QED) is 0.769. The van der Waals surface area contributed by atoms with Crippen molar-refractivity contribution < 1.29 is 9.53 Å². The lowest BCUT2D eigenvalue weighted by atomic mass is 10.3. The second kappa shape index (κ2) is 5.67. The van der Waals surface area contributed by atoms with E-state index in [-0.39, 0.29) is 0 Å². The topological polar surface area (TPSA) is 81.0 Å². The average Bonchev–Trinajstić information content (AvgIpc) is 2.76. The minimum Gasteiger partial charge on any atom is -0.392 e. The van der Waals surface area contributed by atoms with Gasteiger partial charge in [-0.25, -0.2) is 4.79 Å². The number of primary amides is 1. The lowest BCUT2D eigenvalue weighted by Gasteiger charge is -2.04. The van der Waals surface area contributed by atoms with Crippen LogP contribution in [0.1, 0.15) is 0 Å². The molecule has 2 aromatic heterocycles. The smallest absolute Gasteiger partial charge is 0.392 e. The number of rotatable bonds is 3. The monoisotopic (exact) mass is 319 g/mol. The molecule has 7 heteroatoms. The first-order valence-corrected chi connectivity index (χ1v) is 7.19. The molecular weight excluding hydrogens is 310 g/mol. The third-order valence-electron chi connectivity index (χ3n) is 2.74. The Labute approximate surface area is 129 Å². The Hall–Kier alpha value is -2.18. The fraction of sp³-hybridized carbons (Fsp3) is 0. The first-order valence-electron chi connectivity index (χ1n) is 6.00. The summed E-state index contributed by atoms with van der Waals surface area (Å²) in [6.45, 7) is 0. The summed E-state index contributed by atoms with van der Waals surface area (Å²) in [4.78, 5) is 19.7. The van der Waals surface area contributed by atoms with E-state index in [1.54, 1.807) is 18.5 Å². The molecule has 0 aliphatic heterocycles. The van der Waals surface area contributed by atoms with E-state index in [2.05, 4.69) is 9.97 Å². The van der Waals surface area contributed by atoms with Crippen molar-refractivity contribution in [2.75, 3.05) is 0 Å². The zero-order valence-electron chi connectivity index (χ0n) is 10.7. The number of carbonyl (C=O) groups is 1. The van der Waals surface area contributed by atoms with Gasteiger partial charge in [0.15, 0.2) is 0 Å². The lowest BCUT2D eigenvalue weighted by Crippen LogP contribution is -2.16. The van der Waals surface area contributed by atoms with Crippen LogP contribution >= 0.6 is 23.4 Å². The molecule has 21 heavy (non-hydrogen) atoms. The normalized spacial score (nSPS) is 10.7. The molecule has 3 N–H and O–H groups in total. The number of hydrogen-bond donors (Lipinski definition) is 2. The minimum absolute atomic E-state index is 0.301. The van der Waals surface area contributed by atoms with Crippen LogP contribution in [0.3, 0.4) is 0 Å². The predicted molar refractivity (Wildman–Crippen MR) is 81.9 cm³/mol. The summed E-state index contributed by atoms with van der Waals surface area (Å²) in [7, 11) is 0. The predicted octanol–water partition coefficient (Wildman–Crippen LogP) is 3.83. The maximum atomic E-state index is 11.0. The molecule has 0 bridgehead atoms. The molecule has 0 saturated carbocycles. The summed E-state index contributed by atoms with van der Waals surface area (Å²) in [5.74, 6) is 0.301. The molecule has 3 aromatic rings. The summed E-state index contributed by atoms with van der Waals surface area (Å²) < 4.78 is 5.03. The number of hydrogen-bond acceptors (Lipinski definition) is 4. The van der Waals surface area contributed by atoms with Crippen LogP contribution in [0, 0.1) is 0 Å². The fourth-order valence-electron chi connectivity index (χ4n) is 1.92. The zero-order chi connectivity index (χ0) is 14.8. The maximum Gasteiger partial charge on any atom is 0.411 e. The average molecular weight is 320 g/mol. The molecule has 3 rings (SSSR count). The molecule has 0 fully saturated rings. The van der Waals surface area contributed by atoms with E-state index in [0.717, 1.165) is 20.7 Å². The Morgan fingerprint density at radius 3 is 3.00 bits per heavy atom. The molecule has 0 atom stereocenters. The molecule has 1 aromatic carbocycles. The van der Waals surface area contributed by atoms with Gasteiger partial charge >= 0.3 is 6.09 Å². The number of nitrogens with two attached hydrogens (primary N) is 1. The van der Waals surface area contributed by atoms with Crippen molar-refractivity contribution in [3.63, 3.8) is 0 Å². The van der Waals surface area contributed by atoms with Gasteiger partial charge in [-0.2, -0.15) is 0 Å². The van der Waals surface area contributed by atoms with Crippen LogP contribution in [0.4, 0.5) is 4.79 Å². The number of ether oxygens (including phenoxy) is 1. The molecule has 2 heterocycles. The first-order chi connectivity index (χ1) is 10.1. The Bertz CT molecular complexity index is 819. The van der Waals surface area contributed by atoms with Crippen LogP contribution in [0.25, 0.3) is 10.9 Å². The number of nitrogens with one attached hydrogen (secondary N) is 1. The van der Waals surface area contributed by atoms with E-state index in [9.17, 15) is 4.79 Å². The van der Waals surface area contributed by atoms with Gasteiger partial charge in [0.1, 0.15) is 0 Å². The molecule has 1 amide bonds. The Kier molecular flexibility index (Phi) is 3.72. The van der Waals surface area contributed by atoms with Gasteiger partial charge in [-0.3, -0.25) is 4.98 Å². The summed E-state index contributed by atoms with van der Waals surface area (Å²) in [6, 6.07) is 9.25. The van der Waals surface area contributed by atoms with Crippen molar-refractivity contribution in [1.82, 2.24) is 9.97 Å². The molecule has 5 nitrogen and oxygen atoms in total. The molecular formula is C14H10ClN3O2S. The number of halogens is 1. The number of aromatic amines is 1. The van der Waals surface area contributed by atoms with E-state index in [4.69, 9.17) is 22.1 Å². The third-order valence-corrected chi connectivity index (χ3v) is 4.07. The molecule has 0 spiro atoms. The van der Waals surface area contributed by atoms with Crippen LogP contribution < -0.4 is 10.5 Å². The summed E-state index contributed by atoms with van der Waals surface area (Å²) in [6.07, 6.45) is 2.46. The number of H-pyrrole nitrogens is 1. The van der Waals surface area contributed by atoms with Crippen LogP contribution in [0.2, 0.25) is 5.02 Å². The van der Waals surface area contributed by atoms with Gasteiger partial charge in [0.05, 0.1) is 16.6 Å². The molecule has 0 radical (unpaired) electrons. The highest BCUT2D eigenvalue weighted by Crippen LogP contribution is 2.40. The second-order valence-electron chi connectivity index (χ2n) is 4.19. The van der Waals surface area contributed by atoms with E-state index in [0.29, 0.717) is 10.9 Å². The van der Waals surface area contributed by atoms with E-state index in [1.165, 1.54) is 11.8 Å². The van der Waals surface area contributed by atoms with E-state index >= 15 is 0 Å². The van der Waals surface area contributed by atoms with Crippen molar-refractivity contribution in [2.45, 2.75) is 9.79 Å². The highest BCUT2D eigenvalue weighted by atomic mass is 35.5. The largest absolute Gasteiger partial charge is 0.411 e. The van der Waals surface area contributed by atoms with Crippen molar-refractivity contribution in [3.05, 3.63) is 47.7 Å². The Balaban J connectivity index is 2.08. The highest BCUT2D eigenvalue weighted by molar-refractivity contribution is 7.99. The third kappa shape index (κ3) is 2.96. The number of pyridine rings is 1. The number of nitrogens with zero attached hydrogens (tertiary/aromatic N) is 1. The first kappa shape index (κ1) is 13.8. The number of carbonyl (C=O) groups excluding carboxylic acids is 1. The molecule has 0 aliphatic rings. The van der Waals surface area contributed by atoms with Gasteiger partial charge in [0.2, 0.25) is 5.88 Å². The van der Waals surface area contributed by atoms with Gasteiger partial charge in [0.25, 0.3) is 0 Å². The van der Waals surface area contributed by atoms with Gasteiger partial charge in [-0.05, 0) is 24.3 Å². The number of aromatic nitrogens is 2. The van der Waals surface area contributed by atoms with E-state index in [1.807, 2.05) is 24.3 Å². The minimum atomic E-state index is -0.873. The van der Waals surface area contributed by atoms with Crippen molar-refractivity contribution in [3.8, 4) is 5.88 Å². The van der Waals surface area contributed by atoms with Crippen molar-refractivity contribution in [2.24, 2.45) is 5.73 Å². The second-order valence-corrected chi connectivity index (χ2v) is 5.71. The SMILES string of the molecule is NC(=O)Oc1[nH]c2cnccc2c1Sc1cccc(Cl)c1. The van der Waals surface area contributed by atoms with Crippen molar-refractivity contribution >= 4 is 40.4 Å². The molecule has 0 unspecified atom stereocenters. The van der Waals surface area contributed by atoms with E-state index < -0.39 is 6.09 Å². The van der Waals surface area contributed by atoms with Crippen LogP contribution in [0.15, 0.2) is 52.5 Å². The van der Waals surface area contributed by atoms with Crippen LogP contribution in [-0.4, -0.2) is 16.1 Å². The number of benzene rings is 1. The lowest BCUT2D eigenvalue weighted by molar-refractivity contribution is 0.208. The summed E-state index contributed by atoms with van der Waals surface area (Å²) in [5, 5.41) is 1.53. The molecule has 0 saturated heterocycles. The van der Waals surface area contributed by atoms with Crippen LogP contribution in [0.5, 0.6) is 5.88 Å². The number of amides is 1. The zero-order valence-corrected chi connectivity index (χ0v) is 12.2. The Morgan fingerprint density at radius 1 is 1.38 bits per heavy atom.